The van der Waals surface area contributed by atoms with Crippen LogP contribution in [-0.4, -0.2) is 193 Å². The number of hydrogen-bond donors (Lipinski definition) is 6. The number of carbonyl (C=O) groups is 7. The Kier molecular flexibility index (Phi) is 16.7. The molecule has 1 spiro atoms. The zero-order valence-electron chi connectivity index (χ0n) is 49.8. The minimum absolute atomic E-state index is 0.132. The van der Waals surface area contributed by atoms with E-state index in [1.54, 1.807) is 14.0 Å². The fraction of sp³-hybridized carbons (Fsp3) is 0.603. The van der Waals surface area contributed by atoms with Gasteiger partial charge in [0.2, 0.25) is 17.4 Å². The molecule has 1 aromatic heterocycles. The van der Waals surface area contributed by atoms with Crippen molar-refractivity contribution in [1.29, 1.82) is 0 Å². The lowest BCUT2D eigenvalue weighted by Gasteiger charge is -2.63. The van der Waals surface area contributed by atoms with Gasteiger partial charge in [-0.3, -0.25) is 38.7 Å². The zero-order valence-corrected chi connectivity index (χ0v) is 49.8. The van der Waals surface area contributed by atoms with E-state index in [4.69, 9.17) is 18.9 Å². The average molecular weight is 1160 g/mol. The molecule has 1 saturated carbocycles. The third-order valence-electron chi connectivity index (χ3n) is 20.3. The first kappa shape index (κ1) is 60.3. The van der Waals surface area contributed by atoms with Crippen LogP contribution in [0.2, 0.25) is 0 Å². The molecule has 1 aliphatic carbocycles. The van der Waals surface area contributed by atoms with Gasteiger partial charge in [-0.2, -0.15) is 0 Å². The maximum absolute atomic E-state index is 16.1. The van der Waals surface area contributed by atoms with Crippen molar-refractivity contribution >= 4 is 58.3 Å². The van der Waals surface area contributed by atoms with E-state index in [2.05, 4.69) is 55.4 Å². The number of hydrogen-bond acceptors (Lipinski definition) is 16. The van der Waals surface area contributed by atoms with E-state index in [9.17, 15) is 44.1 Å². The number of para-hydroxylation sites is 1. The zero-order chi connectivity index (χ0) is 60.4. The van der Waals surface area contributed by atoms with Crippen LogP contribution < -0.4 is 20.3 Å². The normalized spacial score (nSPS) is 31.7. The minimum Gasteiger partial charge on any atom is -0.496 e. The van der Waals surface area contributed by atoms with Gasteiger partial charge in [-0.1, -0.05) is 76.1 Å². The molecule has 21 nitrogen and oxygen atoms in total. The third kappa shape index (κ3) is 9.64. The molecule has 0 radical (unpaired) electrons. The fourth-order valence-electron chi connectivity index (χ4n) is 16.8. The first-order valence-corrected chi connectivity index (χ1v) is 29.9. The maximum Gasteiger partial charge on any atom is 0.344 e. The van der Waals surface area contributed by atoms with Crippen molar-refractivity contribution in [3.05, 3.63) is 82.6 Å². The number of anilines is 1. The van der Waals surface area contributed by atoms with Gasteiger partial charge in [-0.15, -0.1) is 0 Å². The molecular formula is C63H83N7O14. The van der Waals surface area contributed by atoms with Gasteiger partial charge in [-0.25, -0.2) is 9.59 Å². The number of methoxy groups -OCH3 is 3. The molecule has 84 heavy (non-hydrogen) atoms. The Bertz CT molecular complexity index is 3180. The molecule has 2 saturated heterocycles. The smallest absolute Gasteiger partial charge is 0.344 e. The van der Waals surface area contributed by atoms with Gasteiger partial charge in [0.25, 0.3) is 0 Å². The van der Waals surface area contributed by atoms with Gasteiger partial charge in [0.1, 0.15) is 23.2 Å². The second-order valence-corrected chi connectivity index (χ2v) is 24.8. The van der Waals surface area contributed by atoms with Gasteiger partial charge in [0.15, 0.2) is 6.10 Å². The largest absolute Gasteiger partial charge is 0.496 e. The number of carboxylic acids is 2. The number of H-pyrrole nitrogens is 1. The Labute approximate surface area is 490 Å². The van der Waals surface area contributed by atoms with Gasteiger partial charge in [0, 0.05) is 97.5 Å². The van der Waals surface area contributed by atoms with E-state index in [-0.39, 0.29) is 24.2 Å². The highest BCUT2D eigenvalue weighted by Gasteiger charge is 2.80. The monoisotopic (exact) mass is 1160 g/mol. The molecular weight excluding hydrogens is 1080 g/mol. The summed E-state index contributed by atoms with van der Waals surface area (Å²) < 4.78 is 24.5. The van der Waals surface area contributed by atoms with Gasteiger partial charge >= 0.3 is 29.8 Å². The first-order valence-electron chi connectivity index (χ1n) is 29.9. The fourth-order valence-corrected chi connectivity index (χ4v) is 16.8. The van der Waals surface area contributed by atoms with Crippen LogP contribution in [-0.2, 0) is 65.0 Å². The second kappa shape index (κ2) is 23.2. The lowest BCUT2D eigenvalue weighted by atomic mass is 9.47. The van der Waals surface area contributed by atoms with Crippen LogP contribution in [0, 0.1) is 23.2 Å². The van der Waals surface area contributed by atoms with E-state index in [1.807, 2.05) is 62.2 Å². The van der Waals surface area contributed by atoms with Gasteiger partial charge in [-0.05, 0) is 99.0 Å². The van der Waals surface area contributed by atoms with Crippen LogP contribution in [0.1, 0.15) is 108 Å². The topological polar surface area (TPSA) is 270 Å². The number of carbonyl (C=O) groups excluding carboxylic acids is 5. The lowest BCUT2D eigenvalue weighted by molar-refractivity contribution is -0.228. The Morgan fingerprint density at radius 2 is 1.68 bits per heavy atom. The summed E-state index contributed by atoms with van der Waals surface area (Å²) in [6.07, 6.45) is 8.30. The van der Waals surface area contributed by atoms with Crippen molar-refractivity contribution in [1.82, 2.24) is 30.3 Å². The summed E-state index contributed by atoms with van der Waals surface area (Å²) in [4.78, 5) is 109. The molecule has 6 N–H and O–H groups in total. The number of aromatic amines is 1. The maximum atomic E-state index is 16.1. The van der Waals surface area contributed by atoms with Gasteiger partial charge < -0.3 is 54.8 Å². The van der Waals surface area contributed by atoms with Crippen molar-refractivity contribution in [2.45, 2.75) is 145 Å². The number of aliphatic carboxylic acids is 2. The number of nitrogens with zero attached hydrogens (tertiary/aromatic N) is 4. The molecule has 21 heteroatoms. The number of benzene rings is 2. The molecule has 3 aromatic rings. The summed E-state index contributed by atoms with van der Waals surface area (Å²) in [5.41, 5.74) is -0.440. The van der Waals surface area contributed by atoms with Crippen LogP contribution in [0.4, 0.5) is 5.69 Å². The first-order chi connectivity index (χ1) is 40.1. The number of nitrogens with one attached hydrogen (secondary N) is 3. The molecule has 7 aliphatic rings. The third-order valence-corrected chi connectivity index (χ3v) is 20.3. The standard InChI is InChI=1S/C63H83N7O14/c1-10-35(4)50(53(75)65-45(54(76)77)28-49(72)73)66-52(74)46-19-15-22-70(46)34-39-26-41-40-17-13-14-18-44(40)64-51(41)62(58(78)82-8,30-38-25-37(11-2)31-68(32-38)33-39)43-27-42-47(29-48(43)81-7)67(6)56-61(42)21-24-69-23-16-20-60(12-3,55(61)69)57(84-36(5)71)63(56,80)59(79)83-9/h13-14,16-18,20,25,27,29,35,38-39,45-46,50,55-57,64,80H,10-12,15,19,21-24,26,28,30-34H2,1-9H3,(H,65,75)(H,66,74)(H,72,73)(H,76,77)/t35-,38-,39+,45-,46-,50-,55-,56+,57+,60+,61+,62-,63-/m0/s1. The predicted octanol–water partition coefficient (Wildman–Crippen LogP) is 4.45. The van der Waals surface area contributed by atoms with Gasteiger partial charge in [0.05, 0.1) is 39.8 Å². The molecule has 6 aliphatic heterocycles. The molecule has 454 valence electrons. The number of aliphatic hydroxyl groups is 1. The Morgan fingerprint density at radius 1 is 0.929 bits per heavy atom. The molecule has 2 amide bonds. The molecule has 2 aromatic carbocycles. The van der Waals surface area contributed by atoms with E-state index >= 15 is 4.79 Å². The van der Waals surface area contributed by atoms with Crippen LogP contribution in [0.5, 0.6) is 5.75 Å². The number of likely N-dealkylation sites (tertiary alicyclic amines) is 1. The lowest BCUT2D eigenvalue weighted by Crippen LogP contribution is -2.81. The number of rotatable bonds is 18. The number of amides is 2. The van der Waals surface area contributed by atoms with Crippen molar-refractivity contribution in [3.63, 3.8) is 0 Å². The minimum atomic E-state index is -2.39. The molecule has 7 heterocycles. The second-order valence-electron chi connectivity index (χ2n) is 24.8. The van der Waals surface area contributed by atoms with Crippen molar-refractivity contribution < 1.29 is 67.8 Å². The van der Waals surface area contributed by atoms with Crippen LogP contribution >= 0.6 is 0 Å². The van der Waals surface area contributed by atoms with Crippen LogP contribution in [0.25, 0.3) is 10.9 Å². The number of carboxylic acid groups (broad SMARTS) is 2. The summed E-state index contributed by atoms with van der Waals surface area (Å²) in [6.45, 7) is 13.2. The highest BCUT2D eigenvalue weighted by atomic mass is 16.6. The number of esters is 3. The van der Waals surface area contributed by atoms with E-state index in [1.165, 1.54) is 26.7 Å². The van der Waals surface area contributed by atoms with E-state index < -0.39 is 106 Å². The number of aromatic nitrogens is 1. The van der Waals surface area contributed by atoms with Crippen LogP contribution in [0.15, 0.2) is 60.2 Å². The molecule has 3 fully saturated rings. The molecule has 10 rings (SSSR count). The predicted molar refractivity (Wildman–Crippen MR) is 310 cm³/mol. The highest BCUT2D eigenvalue weighted by Crippen LogP contribution is 2.68. The molecule has 14 atom stereocenters. The van der Waals surface area contributed by atoms with Crippen molar-refractivity contribution in [3.8, 4) is 5.75 Å². The average Bonchev–Trinajstić information content (AvgIpc) is 1.46. The van der Waals surface area contributed by atoms with Crippen molar-refractivity contribution in [2.24, 2.45) is 23.2 Å². The highest BCUT2D eigenvalue weighted by molar-refractivity contribution is 5.96. The Morgan fingerprint density at radius 3 is 2.35 bits per heavy atom. The molecule has 1 unspecified atom stereocenters. The summed E-state index contributed by atoms with van der Waals surface area (Å²) in [5, 5.41) is 39.0. The summed E-state index contributed by atoms with van der Waals surface area (Å²) in [6, 6.07) is 7.16. The summed E-state index contributed by atoms with van der Waals surface area (Å²) >= 11 is 0. The van der Waals surface area contributed by atoms with E-state index in [0.29, 0.717) is 107 Å². The van der Waals surface area contributed by atoms with E-state index in [0.717, 1.165) is 28.5 Å². The Hall–Kier alpha value is -6.81. The number of ether oxygens (including phenoxy) is 4. The summed E-state index contributed by atoms with van der Waals surface area (Å²) in [5.74, 6) is -6.47. The van der Waals surface area contributed by atoms with Crippen LogP contribution in [0.3, 0.4) is 0 Å². The SMILES string of the molecule is CCC1=C[C@@H]2CN(C1)C[C@H](CN1CCC[C@H]1C(=O)N[C@H](C(=O)N[C@@H](CC(=O)O)C(=O)O)[C@@H](C)CC)Cc1c([nH]c3ccccc13)[C@@](C(=O)OC)(c1cc3c(cc1OC)N(C)[C@H]1[C@@](O)(C(=O)OC)[C@H](OC(C)=O)[C@]4(CC)C=CCN5CC[C@]31[C@@H]54)C2. The Balaban J connectivity index is 1.12. The number of likely N-dealkylation sites (N-methyl/N-ethyl adjacent to an activating group) is 1. The number of fused-ring (bicyclic) bond motifs is 6. The summed E-state index contributed by atoms with van der Waals surface area (Å²) in [7, 11) is 6.07. The van der Waals surface area contributed by atoms with Crippen molar-refractivity contribution in [2.75, 3.05) is 79.1 Å². The quantitative estimate of drug-likeness (QED) is 0.0583. The molecule has 2 bridgehead atoms.